The van der Waals surface area contributed by atoms with Crippen molar-refractivity contribution in [3.8, 4) is 0 Å². The van der Waals surface area contributed by atoms with Gasteiger partial charge in [0.2, 0.25) is 0 Å². The fourth-order valence-corrected chi connectivity index (χ4v) is 3.46. The predicted molar refractivity (Wildman–Crippen MR) is 73.3 cm³/mol. The Morgan fingerprint density at radius 1 is 1.39 bits per heavy atom. The van der Waals surface area contributed by atoms with Crippen molar-refractivity contribution in [2.24, 2.45) is 5.92 Å². The van der Waals surface area contributed by atoms with E-state index in [0.29, 0.717) is 5.92 Å². The average Bonchev–Trinajstić information content (AvgIpc) is 2.80. The molecule has 2 unspecified atom stereocenters. The predicted octanol–water partition coefficient (Wildman–Crippen LogP) is 3.63. The summed E-state index contributed by atoms with van der Waals surface area (Å²) in [5.41, 5.74) is 0.446. The highest BCUT2D eigenvalue weighted by atomic mass is 16.3. The number of rotatable bonds is 2. The van der Waals surface area contributed by atoms with E-state index in [4.69, 9.17) is 0 Å². The SMILES string of the molecule is CCC1CCCC1(O)c1cccc2cnccc12. The van der Waals surface area contributed by atoms with Gasteiger partial charge in [-0.3, -0.25) is 4.98 Å². The molecule has 1 aliphatic carbocycles. The van der Waals surface area contributed by atoms with Gasteiger partial charge in [0.25, 0.3) is 0 Å². The summed E-state index contributed by atoms with van der Waals surface area (Å²) in [6, 6.07) is 8.19. The molecule has 1 saturated carbocycles. The van der Waals surface area contributed by atoms with Crippen LogP contribution in [0.2, 0.25) is 0 Å². The number of pyridine rings is 1. The Morgan fingerprint density at radius 3 is 3.11 bits per heavy atom. The van der Waals surface area contributed by atoms with Crippen molar-refractivity contribution in [2.45, 2.75) is 38.2 Å². The second-order valence-electron chi connectivity index (χ2n) is 5.32. The lowest BCUT2D eigenvalue weighted by molar-refractivity contribution is -0.00245. The van der Waals surface area contributed by atoms with Crippen molar-refractivity contribution in [1.29, 1.82) is 0 Å². The molecule has 0 saturated heterocycles. The Bertz CT molecular complexity index is 561. The van der Waals surface area contributed by atoms with Crippen LogP contribution >= 0.6 is 0 Å². The van der Waals surface area contributed by atoms with Gasteiger partial charge in [0, 0.05) is 17.8 Å². The molecule has 0 amide bonds. The highest BCUT2D eigenvalue weighted by Crippen LogP contribution is 2.46. The fraction of sp³-hybridized carbons (Fsp3) is 0.438. The third kappa shape index (κ3) is 1.64. The zero-order valence-corrected chi connectivity index (χ0v) is 10.8. The van der Waals surface area contributed by atoms with Crippen LogP contribution in [0.3, 0.4) is 0 Å². The molecule has 2 nitrogen and oxygen atoms in total. The Hall–Kier alpha value is -1.41. The van der Waals surface area contributed by atoms with E-state index in [9.17, 15) is 5.11 Å². The molecule has 2 aromatic rings. The summed E-state index contributed by atoms with van der Waals surface area (Å²) in [6.45, 7) is 2.17. The summed E-state index contributed by atoms with van der Waals surface area (Å²) < 4.78 is 0. The first kappa shape index (κ1) is 11.7. The van der Waals surface area contributed by atoms with Gasteiger partial charge in [-0.05, 0) is 42.2 Å². The van der Waals surface area contributed by atoms with Crippen LogP contribution in [0.5, 0.6) is 0 Å². The number of hydrogen-bond donors (Lipinski definition) is 1. The standard InChI is InChI=1S/C16H19NO/c1-2-13-6-4-9-16(13,18)15-7-3-5-12-11-17-10-8-14(12)15/h3,5,7-8,10-11,13,18H,2,4,6,9H2,1H3. The van der Waals surface area contributed by atoms with E-state index in [1.165, 1.54) is 0 Å². The van der Waals surface area contributed by atoms with Gasteiger partial charge in [-0.15, -0.1) is 0 Å². The molecule has 0 bridgehead atoms. The zero-order valence-electron chi connectivity index (χ0n) is 10.8. The van der Waals surface area contributed by atoms with E-state index in [0.717, 1.165) is 42.0 Å². The van der Waals surface area contributed by atoms with Gasteiger partial charge in [-0.25, -0.2) is 0 Å². The van der Waals surface area contributed by atoms with Crippen LogP contribution in [-0.2, 0) is 5.60 Å². The molecule has 0 spiro atoms. The quantitative estimate of drug-likeness (QED) is 0.871. The van der Waals surface area contributed by atoms with Crippen LogP contribution in [0.15, 0.2) is 36.7 Å². The summed E-state index contributed by atoms with van der Waals surface area (Å²) in [4.78, 5) is 4.16. The summed E-state index contributed by atoms with van der Waals surface area (Å²) in [6.07, 6.45) is 7.86. The zero-order chi connectivity index (χ0) is 12.6. The molecule has 3 rings (SSSR count). The number of nitrogens with zero attached hydrogens (tertiary/aromatic N) is 1. The molecule has 1 aromatic carbocycles. The van der Waals surface area contributed by atoms with Crippen LogP contribution < -0.4 is 0 Å². The van der Waals surface area contributed by atoms with Gasteiger partial charge in [-0.1, -0.05) is 31.5 Å². The maximum absolute atomic E-state index is 11.1. The second-order valence-corrected chi connectivity index (χ2v) is 5.32. The maximum Gasteiger partial charge on any atom is 0.0930 e. The van der Waals surface area contributed by atoms with E-state index in [2.05, 4.69) is 24.0 Å². The number of fused-ring (bicyclic) bond motifs is 1. The number of aliphatic hydroxyl groups is 1. The van der Waals surface area contributed by atoms with E-state index in [-0.39, 0.29) is 0 Å². The molecule has 2 heteroatoms. The topological polar surface area (TPSA) is 33.1 Å². The maximum atomic E-state index is 11.1. The van der Waals surface area contributed by atoms with Gasteiger partial charge in [0.15, 0.2) is 0 Å². The molecule has 2 atom stereocenters. The lowest BCUT2D eigenvalue weighted by Gasteiger charge is -2.31. The van der Waals surface area contributed by atoms with Crippen LogP contribution in [0, 0.1) is 5.92 Å². The monoisotopic (exact) mass is 241 g/mol. The van der Waals surface area contributed by atoms with Crippen LogP contribution in [0.4, 0.5) is 0 Å². The minimum Gasteiger partial charge on any atom is -0.385 e. The van der Waals surface area contributed by atoms with Gasteiger partial charge in [0.1, 0.15) is 0 Å². The molecular formula is C16H19NO. The first-order chi connectivity index (χ1) is 8.75. The Morgan fingerprint density at radius 2 is 2.28 bits per heavy atom. The molecule has 1 heterocycles. The number of hydrogen-bond acceptors (Lipinski definition) is 2. The Balaban J connectivity index is 2.19. The molecule has 18 heavy (non-hydrogen) atoms. The molecule has 0 aliphatic heterocycles. The Labute approximate surface area is 108 Å². The molecule has 0 radical (unpaired) electrons. The molecule has 1 N–H and O–H groups in total. The third-order valence-electron chi connectivity index (χ3n) is 4.43. The van der Waals surface area contributed by atoms with Crippen molar-refractivity contribution in [2.75, 3.05) is 0 Å². The van der Waals surface area contributed by atoms with Gasteiger partial charge >= 0.3 is 0 Å². The molecule has 1 aromatic heterocycles. The number of benzene rings is 1. The minimum atomic E-state index is -0.643. The second kappa shape index (κ2) is 4.36. The minimum absolute atomic E-state index is 0.385. The van der Waals surface area contributed by atoms with Crippen molar-refractivity contribution in [1.82, 2.24) is 4.98 Å². The van der Waals surface area contributed by atoms with Gasteiger partial charge in [-0.2, -0.15) is 0 Å². The van der Waals surface area contributed by atoms with E-state index in [1.807, 2.05) is 24.5 Å². The van der Waals surface area contributed by atoms with Gasteiger partial charge < -0.3 is 5.11 Å². The normalized spacial score (nSPS) is 27.8. The highest BCUT2D eigenvalue weighted by molar-refractivity contribution is 5.85. The molecule has 1 fully saturated rings. The Kier molecular flexibility index (Phi) is 2.83. The first-order valence-corrected chi connectivity index (χ1v) is 6.81. The van der Waals surface area contributed by atoms with Crippen LogP contribution in [-0.4, -0.2) is 10.1 Å². The fourth-order valence-electron chi connectivity index (χ4n) is 3.46. The van der Waals surface area contributed by atoms with Gasteiger partial charge in [0.05, 0.1) is 5.60 Å². The van der Waals surface area contributed by atoms with E-state index >= 15 is 0 Å². The van der Waals surface area contributed by atoms with Crippen molar-refractivity contribution in [3.63, 3.8) is 0 Å². The van der Waals surface area contributed by atoms with Crippen molar-refractivity contribution < 1.29 is 5.11 Å². The van der Waals surface area contributed by atoms with Crippen LogP contribution in [0.25, 0.3) is 10.8 Å². The lowest BCUT2D eigenvalue weighted by atomic mass is 9.80. The third-order valence-corrected chi connectivity index (χ3v) is 4.43. The summed E-state index contributed by atoms with van der Waals surface area (Å²) in [7, 11) is 0. The van der Waals surface area contributed by atoms with Crippen LogP contribution in [0.1, 0.15) is 38.2 Å². The number of aromatic nitrogens is 1. The molecule has 94 valence electrons. The van der Waals surface area contributed by atoms with Crippen molar-refractivity contribution in [3.05, 3.63) is 42.2 Å². The average molecular weight is 241 g/mol. The summed E-state index contributed by atoms with van der Waals surface area (Å²) >= 11 is 0. The molecular weight excluding hydrogens is 222 g/mol. The highest BCUT2D eigenvalue weighted by Gasteiger charge is 2.42. The first-order valence-electron chi connectivity index (χ1n) is 6.81. The smallest absolute Gasteiger partial charge is 0.0930 e. The lowest BCUT2D eigenvalue weighted by Crippen LogP contribution is -2.30. The van der Waals surface area contributed by atoms with E-state index < -0.39 is 5.60 Å². The largest absolute Gasteiger partial charge is 0.385 e. The summed E-state index contributed by atoms with van der Waals surface area (Å²) in [5, 5.41) is 13.4. The summed E-state index contributed by atoms with van der Waals surface area (Å²) in [5.74, 6) is 0.385. The van der Waals surface area contributed by atoms with Crippen molar-refractivity contribution >= 4 is 10.8 Å². The molecule has 1 aliphatic rings. The van der Waals surface area contributed by atoms with E-state index in [1.54, 1.807) is 0 Å².